The smallest absolute Gasteiger partial charge is 0.354 e. The minimum atomic E-state index is -0.809. The number of hydrogen-bond donors (Lipinski definition) is 0. The van der Waals surface area contributed by atoms with E-state index in [0.717, 1.165) is 5.56 Å². The highest BCUT2D eigenvalue weighted by molar-refractivity contribution is 5.99. The zero-order valence-corrected chi connectivity index (χ0v) is 19.6. The van der Waals surface area contributed by atoms with E-state index in [1.165, 1.54) is 30.5 Å². The Labute approximate surface area is 202 Å². The summed E-state index contributed by atoms with van der Waals surface area (Å²) in [5, 5.41) is 9.63. The van der Waals surface area contributed by atoms with Gasteiger partial charge in [0.2, 0.25) is 11.2 Å². The molecule has 6 nitrogen and oxygen atoms in total. The number of rotatable bonds is 5. The SMILES string of the molecule is CC(C)(C)c1ccc(Oc2coc3cc(OC(=O)/C(C#N)=C/c4ccccc4)ccc3c2=O)cc1. The first-order valence-electron chi connectivity index (χ1n) is 11.0. The summed E-state index contributed by atoms with van der Waals surface area (Å²) in [4.78, 5) is 25.4. The summed E-state index contributed by atoms with van der Waals surface area (Å²) in [6.45, 7) is 6.35. The fourth-order valence-corrected chi connectivity index (χ4v) is 3.39. The van der Waals surface area contributed by atoms with Crippen molar-refractivity contribution in [3.8, 4) is 23.3 Å². The van der Waals surface area contributed by atoms with Crippen molar-refractivity contribution >= 4 is 23.0 Å². The van der Waals surface area contributed by atoms with Gasteiger partial charge >= 0.3 is 5.97 Å². The second kappa shape index (κ2) is 9.70. The molecule has 0 aliphatic heterocycles. The molecule has 0 amide bonds. The molecular formula is C29H23NO5. The third kappa shape index (κ3) is 5.48. The molecule has 1 aromatic heterocycles. The lowest BCUT2D eigenvalue weighted by Crippen LogP contribution is -2.11. The summed E-state index contributed by atoms with van der Waals surface area (Å²) in [5.74, 6) is -0.101. The molecule has 0 aliphatic rings. The Kier molecular flexibility index (Phi) is 6.52. The van der Waals surface area contributed by atoms with Crippen molar-refractivity contribution in [2.75, 3.05) is 0 Å². The van der Waals surface area contributed by atoms with Gasteiger partial charge in [-0.05, 0) is 46.9 Å². The van der Waals surface area contributed by atoms with E-state index in [0.29, 0.717) is 11.3 Å². The monoisotopic (exact) mass is 465 g/mol. The molecule has 0 unspecified atom stereocenters. The molecule has 0 N–H and O–H groups in total. The Morgan fingerprint density at radius 1 is 0.971 bits per heavy atom. The molecule has 35 heavy (non-hydrogen) atoms. The first kappa shape index (κ1) is 23.5. The average Bonchev–Trinajstić information content (AvgIpc) is 2.84. The maximum atomic E-state index is 12.9. The number of hydrogen-bond acceptors (Lipinski definition) is 6. The van der Waals surface area contributed by atoms with E-state index >= 15 is 0 Å². The minimum Gasteiger partial charge on any atom is -0.460 e. The van der Waals surface area contributed by atoms with E-state index in [9.17, 15) is 14.9 Å². The molecule has 174 valence electrons. The van der Waals surface area contributed by atoms with Gasteiger partial charge in [0.15, 0.2) is 0 Å². The highest BCUT2D eigenvalue weighted by Crippen LogP contribution is 2.27. The lowest BCUT2D eigenvalue weighted by molar-refractivity contribution is -0.129. The highest BCUT2D eigenvalue weighted by atomic mass is 16.5. The van der Waals surface area contributed by atoms with Crippen molar-refractivity contribution in [2.45, 2.75) is 26.2 Å². The van der Waals surface area contributed by atoms with Gasteiger partial charge in [0.25, 0.3) is 0 Å². The maximum absolute atomic E-state index is 12.9. The lowest BCUT2D eigenvalue weighted by atomic mass is 9.87. The molecule has 1 heterocycles. The first-order chi connectivity index (χ1) is 16.7. The van der Waals surface area contributed by atoms with Crippen LogP contribution in [0.4, 0.5) is 0 Å². The van der Waals surface area contributed by atoms with Crippen LogP contribution in [0.15, 0.2) is 93.8 Å². The molecule has 0 saturated carbocycles. The van der Waals surface area contributed by atoms with Gasteiger partial charge in [-0.25, -0.2) is 4.79 Å². The van der Waals surface area contributed by atoms with Gasteiger partial charge in [-0.1, -0.05) is 63.2 Å². The van der Waals surface area contributed by atoms with Crippen LogP contribution >= 0.6 is 0 Å². The number of nitriles is 1. The van der Waals surface area contributed by atoms with Crippen molar-refractivity contribution in [3.05, 3.63) is 106 Å². The molecule has 4 rings (SSSR count). The fraction of sp³-hybridized carbons (Fsp3) is 0.138. The van der Waals surface area contributed by atoms with E-state index in [-0.39, 0.29) is 38.9 Å². The topological polar surface area (TPSA) is 89.5 Å². The van der Waals surface area contributed by atoms with E-state index in [1.54, 1.807) is 24.3 Å². The van der Waals surface area contributed by atoms with Crippen LogP contribution in [-0.2, 0) is 10.2 Å². The molecule has 3 aromatic carbocycles. The lowest BCUT2D eigenvalue weighted by Gasteiger charge is -2.19. The largest absolute Gasteiger partial charge is 0.460 e. The fourth-order valence-electron chi connectivity index (χ4n) is 3.39. The number of fused-ring (bicyclic) bond motifs is 1. The summed E-state index contributed by atoms with van der Waals surface area (Å²) in [6.07, 6.45) is 2.67. The molecular weight excluding hydrogens is 442 g/mol. The van der Waals surface area contributed by atoms with E-state index in [1.807, 2.05) is 36.4 Å². The number of ether oxygens (including phenoxy) is 2. The maximum Gasteiger partial charge on any atom is 0.354 e. The van der Waals surface area contributed by atoms with Gasteiger partial charge in [0.05, 0.1) is 5.39 Å². The first-order valence-corrected chi connectivity index (χ1v) is 11.0. The number of nitrogens with zero attached hydrogens (tertiary/aromatic N) is 1. The molecule has 0 spiro atoms. The van der Waals surface area contributed by atoms with Crippen LogP contribution in [-0.4, -0.2) is 5.97 Å². The number of esters is 1. The Morgan fingerprint density at radius 2 is 1.66 bits per heavy atom. The quantitative estimate of drug-likeness (QED) is 0.147. The minimum absolute atomic E-state index is 0.00695. The molecule has 0 bridgehead atoms. The zero-order chi connectivity index (χ0) is 25.0. The summed E-state index contributed by atoms with van der Waals surface area (Å²) >= 11 is 0. The zero-order valence-electron chi connectivity index (χ0n) is 19.6. The number of benzene rings is 3. The Hall–Kier alpha value is -4.63. The molecule has 0 aliphatic carbocycles. The normalized spacial score (nSPS) is 11.7. The van der Waals surface area contributed by atoms with Crippen LogP contribution in [0.1, 0.15) is 31.9 Å². The second-order valence-electron chi connectivity index (χ2n) is 8.93. The summed E-state index contributed by atoms with van der Waals surface area (Å²) in [7, 11) is 0. The standard InChI is InChI=1S/C29H23NO5/c1-29(2,3)21-9-11-22(12-10-21)34-26-18-33-25-16-23(13-14-24(25)27(26)31)35-28(32)20(17-30)15-19-7-5-4-6-8-19/h4-16,18H,1-3H3/b20-15+. The van der Waals surface area contributed by atoms with Crippen LogP contribution in [0.3, 0.4) is 0 Å². The molecule has 6 heteroatoms. The molecule has 0 atom stereocenters. The van der Waals surface area contributed by atoms with Gasteiger partial charge in [-0.15, -0.1) is 0 Å². The molecule has 0 saturated heterocycles. The van der Waals surface area contributed by atoms with Crippen LogP contribution in [0, 0.1) is 11.3 Å². The average molecular weight is 466 g/mol. The van der Waals surface area contributed by atoms with Gasteiger partial charge in [-0.2, -0.15) is 5.26 Å². The summed E-state index contributed by atoms with van der Waals surface area (Å²) < 4.78 is 16.7. The van der Waals surface area contributed by atoms with Crippen molar-refractivity contribution in [1.29, 1.82) is 5.26 Å². The van der Waals surface area contributed by atoms with Crippen molar-refractivity contribution in [3.63, 3.8) is 0 Å². The van der Waals surface area contributed by atoms with Crippen LogP contribution in [0.2, 0.25) is 0 Å². The van der Waals surface area contributed by atoms with Crippen molar-refractivity contribution in [2.24, 2.45) is 0 Å². The predicted octanol–water partition coefficient (Wildman–Crippen LogP) is 6.40. The van der Waals surface area contributed by atoms with Crippen molar-refractivity contribution in [1.82, 2.24) is 0 Å². The van der Waals surface area contributed by atoms with Crippen LogP contribution in [0.5, 0.6) is 17.2 Å². The Balaban J connectivity index is 1.54. The van der Waals surface area contributed by atoms with E-state index in [4.69, 9.17) is 13.9 Å². The van der Waals surface area contributed by atoms with Crippen LogP contribution < -0.4 is 14.9 Å². The third-order valence-corrected chi connectivity index (χ3v) is 5.32. The van der Waals surface area contributed by atoms with Gasteiger partial charge in [0.1, 0.15) is 35.0 Å². The molecule has 0 fully saturated rings. The Bertz CT molecular complexity index is 1500. The van der Waals surface area contributed by atoms with Gasteiger partial charge in [0, 0.05) is 6.07 Å². The van der Waals surface area contributed by atoms with E-state index in [2.05, 4.69) is 20.8 Å². The number of carbonyl (C=O) groups excluding carboxylic acids is 1. The molecule has 4 aromatic rings. The Morgan fingerprint density at radius 3 is 2.31 bits per heavy atom. The third-order valence-electron chi connectivity index (χ3n) is 5.32. The van der Waals surface area contributed by atoms with Gasteiger partial charge in [-0.3, -0.25) is 4.79 Å². The second-order valence-corrected chi connectivity index (χ2v) is 8.93. The summed E-state index contributed by atoms with van der Waals surface area (Å²) in [6, 6.07) is 22.8. The number of carbonyl (C=O) groups is 1. The van der Waals surface area contributed by atoms with Crippen LogP contribution in [0.25, 0.3) is 17.0 Å². The van der Waals surface area contributed by atoms with Gasteiger partial charge < -0.3 is 13.9 Å². The highest BCUT2D eigenvalue weighted by Gasteiger charge is 2.16. The van der Waals surface area contributed by atoms with Crippen molar-refractivity contribution < 1.29 is 18.7 Å². The van der Waals surface area contributed by atoms with E-state index < -0.39 is 5.97 Å². The summed E-state index contributed by atoms with van der Waals surface area (Å²) in [5.41, 5.74) is 1.57. The predicted molar refractivity (Wildman–Crippen MR) is 133 cm³/mol. The molecule has 0 radical (unpaired) electrons.